The molecular formula is C23H18F2N4O. The van der Waals surface area contributed by atoms with Crippen molar-refractivity contribution in [3.05, 3.63) is 99.3 Å². The van der Waals surface area contributed by atoms with Crippen molar-refractivity contribution in [3.8, 4) is 5.69 Å². The minimum absolute atomic E-state index is 0.139. The molecule has 7 heteroatoms. The molecule has 1 N–H and O–H groups in total. The number of anilines is 1. The molecule has 0 unspecified atom stereocenters. The molecule has 0 saturated carbocycles. The molecule has 1 aromatic heterocycles. The fourth-order valence-corrected chi connectivity index (χ4v) is 3.20. The highest BCUT2D eigenvalue weighted by molar-refractivity contribution is 5.82. The number of benzene rings is 3. The largest absolute Gasteiger partial charge is 0.268 e. The molecule has 4 rings (SSSR count). The number of rotatable bonds is 4. The van der Waals surface area contributed by atoms with Gasteiger partial charge in [-0.15, -0.1) is 0 Å². The van der Waals surface area contributed by atoms with Crippen LogP contribution in [-0.4, -0.2) is 15.8 Å². The number of nitrogens with one attached hydrogen (secondary N) is 1. The molecule has 0 saturated heterocycles. The van der Waals surface area contributed by atoms with Crippen molar-refractivity contribution >= 4 is 23.1 Å². The van der Waals surface area contributed by atoms with Gasteiger partial charge in [0.05, 0.1) is 28.4 Å². The Balaban J connectivity index is 1.87. The Kier molecular flexibility index (Phi) is 5.10. The molecule has 4 aromatic rings. The zero-order valence-electron chi connectivity index (χ0n) is 16.4. The van der Waals surface area contributed by atoms with Gasteiger partial charge in [0.1, 0.15) is 11.6 Å². The predicted molar refractivity (Wildman–Crippen MR) is 114 cm³/mol. The van der Waals surface area contributed by atoms with E-state index in [1.807, 2.05) is 32.0 Å². The van der Waals surface area contributed by atoms with E-state index in [9.17, 15) is 13.6 Å². The molecular weight excluding hydrogens is 386 g/mol. The lowest BCUT2D eigenvalue weighted by atomic mass is 10.1. The number of aryl methyl sites for hydroxylation is 1. The number of fused-ring (bicyclic) bond motifs is 1. The van der Waals surface area contributed by atoms with E-state index in [1.54, 1.807) is 24.3 Å². The zero-order chi connectivity index (χ0) is 21.3. The van der Waals surface area contributed by atoms with Crippen LogP contribution in [-0.2, 0) is 0 Å². The summed E-state index contributed by atoms with van der Waals surface area (Å²) >= 11 is 0. The third-order valence-corrected chi connectivity index (χ3v) is 4.95. The van der Waals surface area contributed by atoms with Gasteiger partial charge in [-0.3, -0.25) is 4.79 Å². The molecule has 150 valence electrons. The average molecular weight is 404 g/mol. The van der Waals surface area contributed by atoms with E-state index < -0.39 is 11.6 Å². The summed E-state index contributed by atoms with van der Waals surface area (Å²) in [7, 11) is 0. The summed E-state index contributed by atoms with van der Waals surface area (Å²) in [5, 5.41) is 4.39. The summed E-state index contributed by atoms with van der Waals surface area (Å²) < 4.78 is 29.1. The molecule has 0 amide bonds. The number of hydrogen-bond acceptors (Lipinski definition) is 4. The Labute approximate surface area is 171 Å². The second-order valence-electron chi connectivity index (χ2n) is 6.82. The third-order valence-electron chi connectivity index (χ3n) is 4.95. The maximum Gasteiger partial charge on any atom is 0.267 e. The smallest absolute Gasteiger partial charge is 0.267 e. The van der Waals surface area contributed by atoms with E-state index in [0.717, 1.165) is 29.5 Å². The van der Waals surface area contributed by atoms with Crippen LogP contribution in [0.2, 0.25) is 0 Å². The Hall–Kier alpha value is -3.87. The second kappa shape index (κ2) is 7.87. The van der Waals surface area contributed by atoms with Crippen molar-refractivity contribution in [2.24, 2.45) is 5.10 Å². The first-order chi connectivity index (χ1) is 14.5. The van der Waals surface area contributed by atoms with Gasteiger partial charge >= 0.3 is 0 Å². The first kappa shape index (κ1) is 19.4. The minimum atomic E-state index is -0.737. The summed E-state index contributed by atoms with van der Waals surface area (Å²) in [6, 6.07) is 16.1. The van der Waals surface area contributed by atoms with Gasteiger partial charge in [-0.25, -0.2) is 23.8 Å². The Morgan fingerprint density at radius 3 is 2.43 bits per heavy atom. The van der Waals surface area contributed by atoms with Crippen molar-refractivity contribution in [1.29, 1.82) is 0 Å². The number of hydrazone groups is 1. The fraction of sp³-hybridized carbons (Fsp3) is 0.0870. The van der Waals surface area contributed by atoms with Crippen LogP contribution < -0.4 is 11.0 Å². The summed E-state index contributed by atoms with van der Waals surface area (Å²) in [6.45, 7) is 3.86. The average Bonchev–Trinajstić information content (AvgIpc) is 2.73. The number of aromatic nitrogens is 2. The van der Waals surface area contributed by atoms with Crippen molar-refractivity contribution in [2.45, 2.75) is 13.8 Å². The summed E-state index contributed by atoms with van der Waals surface area (Å²) in [6.07, 6.45) is 1.03. The Bertz CT molecular complexity index is 1320. The SMILES string of the molecule is Cc1cccc(-n2c(N/N=C\c3c(F)cccc3F)nc3ccccc3c2=O)c1C. The van der Waals surface area contributed by atoms with Crippen molar-refractivity contribution in [2.75, 3.05) is 5.43 Å². The maximum absolute atomic E-state index is 13.9. The molecule has 0 fully saturated rings. The number of para-hydroxylation sites is 1. The maximum atomic E-state index is 13.9. The molecule has 1 heterocycles. The predicted octanol–water partition coefficient (Wildman–Crippen LogP) is 4.73. The van der Waals surface area contributed by atoms with E-state index in [-0.39, 0.29) is 17.1 Å². The Morgan fingerprint density at radius 1 is 0.967 bits per heavy atom. The van der Waals surface area contributed by atoms with E-state index in [4.69, 9.17) is 0 Å². The van der Waals surface area contributed by atoms with Crippen LogP contribution in [0, 0.1) is 25.5 Å². The lowest BCUT2D eigenvalue weighted by Gasteiger charge is -2.16. The van der Waals surface area contributed by atoms with Crippen molar-refractivity contribution in [3.63, 3.8) is 0 Å². The van der Waals surface area contributed by atoms with Gasteiger partial charge in [0.15, 0.2) is 0 Å². The van der Waals surface area contributed by atoms with Crippen LogP contribution >= 0.6 is 0 Å². The third kappa shape index (κ3) is 3.45. The number of halogens is 2. The molecule has 3 aromatic carbocycles. The molecule has 0 aliphatic heterocycles. The highest BCUT2D eigenvalue weighted by Crippen LogP contribution is 2.21. The van der Waals surface area contributed by atoms with E-state index >= 15 is 0 Å². The molecule has 0 bridgehead atoms. The molecule has 0 aliphatic rings. The number of hydrogen-bond donors (Lipinski definition) is 1. The van der Waals surface area contributed by atoms with Crippen LogP contribution in [0.4, 0.5) is 14.7 Å². The van der Waals surface area contributed by atoms with Crippen LogP contribution in [0.5, 0.6) is 0 Å². The highest BCUT2D eigenvalue weighted by Gasteiger charge is 2.15. The van der Waals surface area contributed by atoms with E-state index in [2.05, 4.69) is 15.5 Å². The van der Waals surface area contributed by atoms with Crippen LogP contribution in [0.15, 0.2) is 70.6 Å². The van der Waals surface area contributed by atoms with Crippen LogP contribution in [0.25, 0.3) is 16.6 Å². The molecule has 30 heavy (non-hydrogen) atoms. The first-order valence-corrected chi connectivity index (χ1v) is 9.29. The quantitative estimate of drug-likeness (QED) is 0.395. The lowest BCUT2D eigenvalue weighted by molar-refractivity contribution is 0.580. The molecule has 0 atom stereocenters. The van der Waals surface area contributed by atoms with Gasteiger partial charge in [-0.2, -0.15) is 5.10 Å². The minimum Gasteiger partial charge on any atom is -0.268 e. The second-order valence-corrected chi connectivity index (χ2v) is 6.82. The van der Waals surface area contributed by atoms with Gasteiger partial charge < -0.3 is 0 Å². The van der Waals surface area contributed by atoms with Crippen LogP contribution in [0.1, 0.15) is 16.7 Å². The highest BCUT2D eigenvalue weighted by atomic mass is 19.1. The van der Waals surface area contributed by atoms with E-state index in [1.165, 1.54) is 10.6 Å². The monoisotopic (exact) mass is 404 g/mol. The van der Waals surface area contributed by atoms with Gasteiger partial charge in [0.25, 0.3) is 5.56 Å². The molecule has 0 spiro atoms. The summed E-state index contributed by atoms with van der Waals surface area (Å²) in [5.74, 6) is -1.33. The summed E-state index contributed by atoms with van der Waals surface area (Å²) in [4.78, 5) is 17.8. The van der Waals surface area contributed by atoms with Gasteiger partial charge in [-0.05, 0) is 55.3 Å². The number of nitrogens with zero attached hydrogens (tertiary/aromatic N) is 3. The first-order valence-electron chi connectivity index (χ1n) is 9.29. The summed E-state index contributed by atoms with van der Waals surface area (Å²) in [5.41, 5.74) is 5.17. The molecule has 0 radical (unpaired) electrons. The van der Waals surface area contributed by atoms with Gasteiger partial charge in [0, 0.05) is 0 Å². The van der Waals surface area contributed by atoms with Crippen LogP contribution in [0.3, 0.4) is 0 Å². The van der Waals surface area contributed by atoms with E-state index in [0.29, 0.717) is 16.6 Å². The lowest BCUT2D eigenvalue weighted by Crippen LogP contribution is -2.23. The Morgan fingerprint density at radius 2 is 1.67 bits per heavy atom. The van der Waals surface area contributed by atoms with Crippen molar-refractivity contribution in [1.82, 2.24) is 9.55 Å². The topological polar surface area (TPSA) is 59.3 Å². The fourth-order valence-electron chi connectivity index (χ4n) is 3.20. The normalized spacial score (nSPS) is 11.3. The standard InChI is InChI=1S/C23H18F2N4O/c1-14-7-5-12-21(15(14)2)29-22(30)16-8-3-4-11-20(16)27-23(29)28-26-13-17-18(24)9-6-10-19(17)25/h3-13H,1-2H3,(H,27,28)/b26-13-. The van der Waals surface area contributed by atoms with Gasteiger partial charge in [0.2, 0.25) is 5.95 Å². The van der Waals surface area contributed by atoms with Crippen molar-refractivity contribution < 1.29 is 8.78 Å². The van der Waals surface area contributed by atoms with Gasteiger partial charge in [-0.1, -0.05) is 30.3 Å². The zero-order valence-corrected chi connectivity index (χ0v) is 16.4. The molecule has 5 nitrogen and oxygen atoms in total. The molecule has 0 aliphatic carbocycles.